The number of nitrogens with one attached hydrogen (secondary N) is 2. The third kappa shape index (κ3) is 4.67. The van der Waals surface area contributed by atoms with Crippen molar-refractivity contribution < 1.29 is 4.79 Å². The maximum Gasteiger partial charge on any atom is 0.228 e. The monoisotopic (exact) mass is 395 g/mol. The average Bonchev–Trinajstić information content (AvgIpc) is 2.61. The van der Waals surface area contributed by atoms with E-state index in [-0.39, 0.29) is 5.91 Å². The Hall–Kier alpha value is -2.66. The van der Waals surface area contributed by atoms with Crippen molar-refractivity contribution >= 4 is 39.0 Å². The maximum absolute atomic E-state index is 12.2. The fraction of sp³-hybridized carbons (Fsp3) is 0.100. The van der Waals surface area contributed by atoms with Crippen molar-refractivity contribution in [1.82, 2.24) is 4.98 Å². The number of carbonyl (C=O) groups is 1. The Labute approximate surface area is 155 Å². The van der Waals surface area contributed by atoms with Crippen LogP contribution in [0.2, 0.25) is 0 Å². The highest BCUT2D eigenvalue weighted by molar-refractivity contribution is 9.10. The summed E-state index contributed by atoms with van der Waals surface area (Å²) in [5, 5.41) is 6.14. The molecule has 0 aliphatic heterocycles. The van der Waals surface area contributed by atoms with Gasteiger partial charge in [-0.1, -0.05) is 52.3 Å². The number of pyridine rings is 1. The summed E-state index contributed by atoms with van der Waals surface area (Å²) in [6.07, 6.45) is 1.96. The Morgan fingerprint density at radius 1 is 1.04 bits per heavy atom. The lowest BCUT2D eigenvalue weighted by molar-refractivity contribution is -0.115. The van der Waals surface area contributed by atoms with Crippen molar-refractivity contribution in [2.24, 2.45) is 0 Å². The lowest BCUT2D eigenvalue weighted by Crippen LogP contribution is -2.14. The van der Waals surface area contributed by atoms with E-state index >= 15 is 0 Å². The minimum absolute atomic E-state index is 0.0756. The SMILES string of the molecule is Cc1ccccc1Nc1ccc(NC(=O)Cc2ccccc2Br)cn1. The zero-order valence-electron chi connectivity index (χ0n) is 13.8. The van der Waals surface area contributed by atoms with Crippen molar-refractivity contribution in [2.75, 3.05) is 10.6 Å². The van der Waals surface area contributed by atoms with E-state index in [1.807, 2.05) is 67.6 Å². The Morgan fingerprint density at radius 3 is 2.52 bits per heavy atom. The van der Waals surface area contributed by atoms with Crippen molar-refractivity contribution in [3.8, 4) is 0 Å². The van der Waals surface area contributed by atoms with E-state index in [0.717, 1.165) is 27.1 Å². The van der Waals surface area contributed by atoms with Crippen LogP contribution in [0.3, 0.4) is 0 Å². The molecule has 2 N–H and O–H groups in total. The van der Waals surface area contributed by atoms with Gasteiger partial charge >= 0.3 is 0 Å². The molecule has 0 spiro atoms. The molecule has 2 aromatic carbocycles. The summed E-state index contributed by atoms with van der Waals surface area (Å²) in [4.78, 5) is 16.5. The topological polar surface area (TPSA) is 54.0 Å². The molecule has 0 saturated heterocycles. The molecule has 1 heterocycles. The number of aryl methyl sites for hydroxylation is 1. The predicted octanol–water partition coefficient (Wildman–Crippen LogP) is 5.08. The number of aromatic nitrogens is 1. The molecule has 126 valence electrons. The van der Waals surface area contributed by atoms with Crippen LogP contribution in [0.5, 0.6) is 0 Å². The zero-order chi connectivity index (χ0) is 17.6. The Morgan fingerprint density at radius 2 is 1.80 bits per heavy atom. The maximum atomic E-state index is 12.2. The highest BCUT2D eigenvalue weighted by Gasteiger charge is 2.07. The first-order valence-electron chi connectivity index (χ1n) is 7.94. The van der Waals surface area contributed by atoms with Gasteiger partial charge in [-0.15, -0.1) is 0 Å². The third-order valence-corrected chi connectivity index (χ3v) is 4.54. The van der Waals surface area contributed by atoms with Crippen molar-refractivity contribution in [1.29, 1.82) is 0 Å². The average molecular weight is 396 g/mol. The summed E-state index contributed by atoms with van der Waals surface area (Å²) in [5.74, 6) is 0.659. The Balaban J connectivity index is 1.62. The minimum atomic E-state index is -0.0756. The molecule has 0 saturated carbocycles. The molecule has 0 aliphatic rings. The minimum Gasteiger partial charge on any atom is -0.340 e. The standard InChI is InChI=1S/C20H18BrN3O/c1-14-6-2-5-9-18(14)24-19-11-10-16(13-22-19)23-20(25)12-15-7-3-4-8-17(15)21/h2-11,13H,12H2,1H3,(H,22,24)(H,23,25). The van der Waals surface area contributed by atoms with Gasteiger partial charge in [0.2, 0.25) is 5.91 Å². The van der Waals surface area contributed by atoms with Crippen molar-refractivity contribution in [3.63, 3.8) is 0 Å². The van der Waals surface area contributed by atoms with Crippen LogP contribution in [-0.4, -0.2) is 10.9 Å². The molecule has 1 aromatic heterocycles. The van der Waals surface area contributed by atoms with Gasteiger partial charge < -0.3 is 10.6 Å². The molecule has 3 aromatic rings. The highest BCUT2D eigenvalue weighted by atomic mass is 79.9. The van der Waals surface area contributed by atoms with Crippen LogP contribution in [-0.2, 0) is 11.2 Å². The van der Waals surface area contributed by atoms with Crippen LogP contribution in [0, 0.1) is 6.92 Å². The smallest absolute Gasteiger partial charge is 0.228 e. The first kappa shape index (κ1) is 17.2. The molecule has 0 fully saturated rings. The summed E-state index contributed by atoms with van der Waals surface area (Å²) in [5.41, 5.74) is 3.79. The summed E-state index contributed by atoms with van der Waals surface area (Å²) in [6.45, 7) is 2.04. The van der Waals surface area contributed by atoms with Crippen LogP contribution in [0.1, 0.15) is 11.1 Å². The van der Waals surface area contributed by atoms with E-state index < -0.39 is 0 Å². The molecule has 3 rings (SSSR count). The first-order valence-corrected chi connectivity index (χ1v) is 8.73. The molecule has 0 aliphatic carbocycles. The highest BCUT2D eigenvalue weighted by Crippen LogP contribution is 2.20. The molecule has 0 bridgehead atoms. The van der Waals surface area contributed by atoms with Gasteiger partial charge in [0, 0.05) is 10.2 Å². The van der Waals surface area contributed by atoms with E-state index in [2.05, 4.69) is 31.5 Å². The third-order valence-electron chi connectivity index (χ3n) is 3.76. The van der Waals surface area contributed by atoms with Crippen molar-refractivity contribution in [3.05, 3.63) is 82.5 Å². The number of halogens is 1. The van der Waals surface area contributed by atoms with Gasteiger partial charge in [-0.2, -0.15) is 0 Å². The van der Waals surface area contributed by atoms with E-state index in [1.54, 1.807) is 6.20 Å². The van der Waals surface area contributed by atoms with Gasteiger partial charge in [0.25, 0.3) is 0 Å². The normalized spacial score (nSPS) is 10.3. The number of para-hydroxylation sites is 1. The van der Waals surface area contributed by atoms with Gasteiger partial charge in [0.15, 0.2) is 0 Å². The Bertz CT molecular complexity index is 878. The number of anilines is 3. The van der Waals surface area contributed by atoms with E-state index in [0.29, 0.717) is 12.1 Å². The first-order chi connectivity index (χ1) is 12.1. The fourth-order valence-corrected chi connectivity index (χ4v) is 2.84. The van der Waals surface area contributed by atoms with Crippen molar-refractivity contribution in [2.45, 2.75) is 13.3 Å². The van der Waals surface area contributed by atoms with E-state index in [1.165, 1.54) is 0 Å². The van der Waals surface area contributed by atoms with Gasteiger partial charge in [-0.25, -0.2) is 4.98 Å². The second-order valence-electron chi connectivity index (χ2n) is 5.69. The predicted molar refractivity (Wildman–Crippen MR) is 105 cm³/mol. The molecule has 5 heteroatoms. The lowest BCUT2D eigenvalue weighted by atomic mass is 10.1. The van der Waals surface area contributed by atoms with Crippen LogP contribution in [0.4, 0.5) is 17.2 Å². The number of amides is 1. The zero-order valence-corrected chi connectivity index (χ0v) is 15.4. The van der Waals surface area contributed by atoms with Gasteiger partial charge in [-0.3, -0.25) is 4.79 Å². The second-order valence-corrected chi connectivity index (χ2v) is 6.54. The summed E-state index contributed by atoms with van der Waals surface area (Å²) >= 11 is 3.46. The number of rotatable bonds is 5. The van der Waals surface area contributed by atoms with Crippen LogP contribution >= 0.6 is 15.9 Å². The Kier molecular flexibility index (Phi) is 5.46. The number of carbonyl (C=O) groups excluding carboxylic acids is 1. The van der Waals surface area contributed by atoms with Crippen LogP contribution in [0.15, 0.2) is 71.3 Å². The van der Waals surface area contributed by atoms with Gasteiger partial charge in [-0.05, 0) is 42.3 Å². The van der Waals surface area contributed by atoms with Gasteiger partial charge in [0.1, 0.15) is 5.82 Å². The molecule has 4 nitrogen and oxygen atoms in total. The number of hydrogen-bond donors (Lipinski definition) is 2. The van der Waals surface area contributed by atoms with E-state index in [4.69, 9.17) is 0 Å². The molecule has 25 heavy (non-hydrogen) atoms. The lowest BCUT2D eigenvalue weighted by Gasteiger charge is -2.10. The van der Waals surface area contributed by atoms with Crippen LogP contribution in [0.25, 0.3) is 0 Å². The molecular weight excluding hydrogens is 378 g/mol. The molecular formula is C20H18BrN3O. The summed E-state index contributed by atoms with van der Waals surface area (Å²) < 4.78 is 0.932. The molecule has 0 unspecified atom stereocenters. The van der Waals surface area contributed by atoms with Crippen LogP contribution < -0.4 is 10.6 Å². The number of benzene rings is 2. The molecule has 0 radical (unpaired) electrons. The number of nitrogens with zero attached hydrogens (tertiary/aromatic N) is 1. The summed E-state index contributed by atoms with van der Waals surface area (Å²) in [6, 6.07) is 19.4. The molecule has 1 amide bonds. The largest absolute Gasteiger partial charge is 0.340 e. The van der Waals surface area contributed by atoms with Gasteiger partial charge in [0.05, 0.1) is 18.3 Å². The summed E-state index contributed by atoms with van der Waals surface area (Å²) in [7, 11) is 0. The molecule has 0 atom stereocenters. The second kappa shape index (κ2) is 7.94. The number of hydrogen-bond acceptors (Lipinski definition) is 3. The quantitative estimate of drug-likeness (QED) is 0.633. The fourth-order valence-electron chi connectivity index (χ4n) is 2.41. The van der Waals surface area contributed by atoms with E-state index in [9.17, 15) is 4.79 Å².